The van der Waals surface area contributed by atoms with Crippen molar-refractivity contribution in [3.05, 3.63) is 28.2 Å². The molecule has 0 spiro atoms. The second-order valence-corrected chi connectivity index (χ2v) is 5.06. The van der Waals surface area contributed by atoms with Crippen LogP contribution in [0.5, 0.6) is 5.75 Å². The van der Waals surface area contributed by atoms with Crippen LogP contribution in [-0.2, 0) is 0 Å². The van der Waals surface area contributed by atoms with Gasteiger partial charge >= 0.3 is 0 Å². The van der Waals surface area contributed by atoms with E-state index < -0.39 is 0 Å². The molecule has 1 saturated heterocycles. The Morgan fingerprint density at radius 3 is 2.94 bits per heavy atom. The van der Waals surface area contributed by atoms with Gasteiger partial charge in [-0.2, -0.15) is 0 Å². The predicted molar refractivity (Wildman–Crippen MR) is 69.2 cm³/mol. The van der Waals surface area contributed by atoms with Gasteiger partial charge in [-0.3, -0.25) is 4.79 Å². The van der Waals surface area contributed by atoms with Crippen LogP contribution in [0.25, 0.3) is 0 Å². The highest BCUT2D eigenvalue weighted by Gasteiger charge is 2.26. The van der Waals surface area contributed by atoms with Crippen molar-refractivity contribution < 1.29 is 9.53 Å². The Kier molecular flexibility index (Phi) is 3.69. The van der Waals surface area contributed by atoms with Crippen molar-refractivity contribution in [1.29, 1.82) is 0 Å². The molecule has 1 aromatic rings. The van der Waals surface area contributed by atoms with E-state index in [9.17, 15) is 4.79 Å². The number of benzene rings is 1. The molecule has 1 atom stereocenters. The number of ether oxygens (including phenoxy) is 1. The summed E-state index contributed by atoms with van der Waals surface area (Å²) in [5.74, 6) is 0.576. The second-order valence-electron chi connectivity index (χ2n) is 4.14. The Morgan fingerprint density at radius 1 is 1.59 bits per heavy atom. The van der Waals surface area contributed by atoms with E-state index in [4.69, 9.17) is 10.5 Å². The summed E-state index contributed by atoms with van der Waals surface area (Å²) in [5.41, 5.74) is 6.39. The van der Waals surface area contributed by atoms with Crippen molar-refractivity contribution >= 4 is 21.8 Å². The summed E-state index contributed by atoms with van der Waals surface area (Å²) in [6.45, 7) is 1.34. The van der Waals surface area contributed by atoms with Gasteiger partial charge in [0.1, 0.15) is 5.75 Å². The van der Waals surface area contributed by atoms with Gasteiger partial charge in [0.15, 0.2) is 0 Å². The number of hydrogen-bond donors (Lipinski definition) is 1. The van der Waals surface area contributed by atoms with Crippen molar-refractivity contribution in [2.75, 3.05) is 20.2 Å². The summed E-state index contributed by atoms with van der Waals surface area (Å²) in [6, 6.07) is 5.50. The smallest absolute Gasteiger partial charge is 0.257 e. The van der Waals surface area contributed by atoms with E-state index in [1.807, 2.05) is 6.07 Å². The summed E-state index contributed by atoms with van der Waals surface area (Å²) in [6.07, 6.45) is 0.866. The maximum atomic E-state index is 12.3. The number of likely N-dealkylation sites (tertiary alicyclic amines) is 1. The Hall–Kier alpha value is -1.07. The molecule has 0 saturated carbocycles. The molecule has 0 aromatic heterocycles. The highest BCUT2D eigenvalue weighted by atomic mass is 79.9. The third-order valence-electron chi connectivity index (χ3n) is 2.91. The fraction of sp³-hybridized carbons (Fsp3) is 0.417. The van der Waals surface area contributed by atoms with Gasteiger partial charge in [0.2, 0.25) is 0 Å². The second kappa shape index (κ2) is 5.06. The van der Waals surface area contributed by atoms with E-state index in [0.29, 0.717) is 17.9 Å². The maximum Gasteiger partial charge on any atom is 0.257 e. The molecule has 2 rings (SSSR count). The number of carbonyl (C=O) groups is 1. The van der Waals surface area contributed by atoms with Crippen molar-refractivity contribution in [1.82, 2.24) is 4.90 Å². The lowest BCUT2D eigenvalue weighted by atomic mass is 10.2. The molecule has 5 heteroatoms. The van der Waals surface area contributed by atoms with Crippen LogP contribution in [0, 0.1) is 0 Å². The largest absolute Gasteiger partial charge is 0.496 e. The predicted octanol–water partition coefficient (Wildman–Crippen LogP) is 1.63. The number of carbonyl (C=O) groups excluding carboxylic acids is 1. The molecule has 1 fully saturated rings. The van der Waals surface area contributed by atoms with E-state index in [2.05, 4.69) is 15.9 Å². The van der Waals surface area contributed by atoms with Gasteiger partial charge in [0, 0.05) is 23.6 Å². The molecular weight excluding hydrogens is 284 g/mol. The van der Waals surface area contributed by atoms with Crippen molar-refractivity contribution in [2.24, 2.45) is 5.73 Å². The monoisotopic (exact) mass is 298 g/mol. The van der Waals surface area contributed by atoms with Crippen LogP contribution in [0.4, 0.5) is 0 Å². The molecule has 4 nitrogen and oxygen atoms in total. The van der Waals surface area contributed by atoms with Gasteiger partial charge < -0.3 is 15.4 Å². The standard InChI is InChI=1S/C12H15BrN2O2/c1-17-11-6-8(13)2-3-10(11)12(16)15-5-4-9(14)7-15/h2-3,6,9H,4-5,7,14H2,1H3/t9-/m1/s1. The fourth-order valence-electron chi connectivity index (χ4n) is 1.98. The first kappa shape index (κ1) is 12.4. The zero-order chi connectivity index (χ0) is 12.4. The lowest BCUT2D eigenvalue weighted by Gasteiger charge is -2.17. The highest BCUT2D eigenvalue weighted by Crippen LogP contribution is 2.25. The average Bonchev–Trinajstić information content (AvgIpc) is 2.75. The molecule has 1 heterocycles. The van der Waals surface area contributed by atoms with Crippen molar-refractivity contribution in [3.63, 3.8) is 0 Å². The first-order valence-electron chi connectivity index (χ1n) is 5.50. The van der Waals surface area contributed by atoms with Crippen LogP contribution in [0.1, 0.15) is 16.8 Å². The number of rotatable bonds is 2. The number of halogens is 1. The normalized spacial score (nSPS) is 19.5. The zero-order valence-corrected chi connectivity index (χ0v) is 11.2. The quantitative estimate of drug-likeness (QED) is 0.903. The summed E-state index contributed by atoms with van der Waals surface area (Å²) in [7, 11) is 1.56. The number of amides is 1. The number of nitrogens with zero attached hydrogens (tertiary/aromatic N) is 1. The Bertz CT molecular complexity index is 437. The molecule has 17 heavy (non-hydrogen) atoms. The Morgan fingerprint density at radius 2 is 2.35 bits per heavy atom. The molecule has 0 radical (unpaired) electrons. The lowest BCUT2D eigenvalue weighted by Crippen LogP contribution is -2.32. The van der Waals surface area contributed by atoms with E-state index >= 15 is 0 Å². The summed E-state index contributed by atoms with van der Waals surface area (Å²) in [5, 5.41) is 0. The molecule has 0 unspecified atom stereocenters. The minimum absolute atomic E-state index is 0.0118. The first-order valence-corrected chi connectivity index (χ1v) is 6.29. The SMILES string of the molecule is COc1cc(Br)ccc1C(=O)N1CC[C@@H](N)C1. The number of methoxy groups -OCH3 is 1. The fourth-order valence-corrected chi connectivity index (χ4v) is 2.32. The zero-order valence-electron chi connectivity index (χ0n) is 9.65. The maximum absolute atomic E-state index is 12.3. The molecule has 0 aliphatic carbocycles. The van der Waals surface area contributed by atoms with Gasteiger partial charge in [-0.15, -0.1) is 0 Å². The van der Waals surface area contributed by atoms with Crippen LogP contribution in [0.2, 0.25) is 0 Å². The molecular formula is C12H15BrN2O2. The van der Waals surface area contributed by atoms with Gasteiger partial charge in [-0.25, -0.2) is 0 Å². The van der Waals surface area contributed by atoms with E-state index in [0.717, 1.165) is 17.4 Å². The first-order chi connectivity index (χ1) is 8.11. The highest BCUT2D eigenvalue weighted by molar-refractivity contribution is 9.10. The minimum atomic E-state index is -0.0118. The van der Waals surface area contributed by atoms with Crippen LogP contribution < -0.4 is 10.5 Å². The third kappa shape index (κ3) is 2.61. The molecule has 2 N–H and O–H groups in total. The molecule has 1 aliphatic heterocycles. The van der Waals surface area contributed by atoms with Crippen molar-refractivity contribution in [2.45, 2.75) is 12.5 Å². The van der Waals surface area contributed by atoms with E-state index in [1.54, 1.807) is 24.1 Å². The van der Waals surface area contributed by atoms with Gasteiger partial charge in [-0.1, -0.05) is 15.9 Å². The molecule has 1 aromatic carbocycles. The lowest BCUT2D eigenvalue weighted by molar-refractivity contribution is 0.0787. The van der Waals surface area contributed by atoms with Crippen molar-refractivity contribution in [3.8, 4) is 5.75 Å². The summed E-state index contributed by atoms with van der Waals surface area (Å²) >= 11 is 3.35. The Labute approximate surface area is 109 Å². The van der Waals surface area contributed by atoms with Crippen LogP contribution >= 0.6 is 15.9 Å². The van der Waals surface area contributed by atoms with Gasteiger partial charge in [-0.05, 0) is 24.6 Å². The van der Waals surface area contributed by atoms with Crippen LogP contribution in [0.15, 0.2) is 22.7 Å². The number of nitrogens with two attached hydrogens (primary N) is 1. The van der Waals surface area contributed by atoms with E-state index in [1.165, 1.54) is 0 Å². The average molecular weight is 299 g/mol. The summed E-state index contributed by atoms with van der Waals surface area (Å²) in [4.78, 5) is 14.0. The Balaban J connectivity index is 2.24. The minimum Gasteiger partial charge on any atom is -0.496 e. The molecule has 1 aliphatic rings. The number of hydrogen-bond acceptors (Lipinski definition) is 3. The molecule has 0 bridgehead atoms. The summed E-state index contributed by atoms with van der Waals surface area (Å²) < 4.78 is 6.12. The van der Waals surface area contributed by atoms with Gasteiger partial charge in [0.25, 0.3) is 5.91 Å². The van der Waals surface area contributed by atoms with E-state index in [-0.39, 0.29) is 11.9 Å². The van der Waals surface area contributed by atoms with Gasteiger partial charge in [0.05, 0.1) is 12.7 Å². The van der Waals surface area contributed by atoms with Crippen LogP contribution in [0.3, 0.4) is 0 Å². The topological polar surface area (TPSA) is 55.6 Å². The van der Waals surface area contributed by atoms with Crippen LogP contribution in [-0.4, -0.2) is 37.0 Å². The third-order valence-corrected chi connectivity index (χ3v) is 3.40. The molecule has 92 valence electrons. The molecule has 1 amide bonds.